The Balaban J connectivity index is 1.24. The number of ether oxygens (including phenoxy) is 2. The third kappa shape index (κ3) is 3.84. The lowest BCUT2D eigenvalue weighted by Crippen LogP contribution is -2.51. The molecule has 36 heavy (non-hydrogen) atoms. The quantitative estimate of drug-likeness (QED) is 0.628. The third-order valence-electron chi connectivity index (χ3n) is 8.16. The predicted octanol–water partition coefficient (Wildman–Crippen LogP) is 2.04. The molecule has 6 heterocycles. The van der Waals surface area contributed by atoms with Crippen LogP contribution in [0.4, 0.5) is 11.6 Å². The zero-order valence-electron chi connectivity index (χ0n) is 20.6. The minimum Gasteiger partial charge on any atom is -0.486 e. The van der Waals surface area contributed by atoms with Crippen LogP contribution < -0.4 is 20.3 Å². The van der Waals surface area contributed by atoms with Crippen molar-refractivity contribution in [3.05, 3.63) is 23.7 Å². The Bertz CT molecular complexity index is 1190. The first-order valence-electron chi connectivity index (χ1n) is 12.6. The molecule has 192 valence electrons. The van der Waals surface area contributed by atoms with E-state index in [-0.39, 0.29) is 36.1 Å². The molecule has 4 aliphatic heterocycles. The van der Waals surface area contributed by atoms with Gasteiger partial charge in [-0.05, 0) is 39.2 Å². The molecule has 1 amide bonds. The molecule has 3 saturated heterocycles. The van der Waals surface area contributed by atoms with Crippen molar-refractivity contribution in [2.75, 3.05) is 36.1 Å². The normalized spacial score (nSPS) is 26.8. The van der Waals surface area contributed by atoms with E-state index in [1.54, 1.807) is 11.1 Å². The minimum absolute atomic E-state index is 0.0176. The van der Waals surface area contributed by atoms with Gasteiger partial charge in [-0.15, -0.1) is 0 Å². The Morgan fingerprint density at radius 1 is 1.28 bits per heavy atom. The first kappa shape index (κ1) is 23.9. The Labute approximate surface area is 214 Å². The molecule has 4 aliphatic rings. The second kappa shape index (κ2) is 9.13. The summed E-state index contributed by atoms with van der Waals surface area (Å²) >= 11 is 1.43. The molecule has 10 nitrogen and oxygen atoms in total. The van der Waals surface area contributed by atoms with Crippen molar-refractivity contribution >= 4 is 29.3 Å². The first-order valence-corrected chi connectivity index (χ1v) is 13.4. The molecule has 6 rings (SSSR count). The van der Waals surface area contributed by atoms with E-state index in [2.05, 4.69) is 9.88 Å². The summed E-state index contributed by atoms with van der Waals surface area (Å²) < 4.78 is 11.9. The monoisotopic (exact) mass is 512 g/mol. The number of amides is 1. The predicted molar refractivity (Wildman–Crippen MR) is 134 cm³/mol. The summed E-state index contributed by atoms with van der Waals surface area (Å²) in [6, 6.07) is 1.97. The number of aliphatic hydroxyl groups is 1. The molecule has 3 fully saturated rings. The molecule has 2 aromatic rings. The highest BCUT2D eigenvalue weighted by Gasteiger charge is 2.48. The van der Waals surface area contributed by atoms with Gasteiger partial charge in [-0.25, -0.2) is 15.0 Å². The van der Waals surface area contributed by atoms with Crippen molar-refractivity contribution in [3.8, 4) is 5.75 Å². The van der Waals surface area contributed by atoms with Crippen LogP contribution in [0.15, 0.2) is 22.2 Å². The topological polar surface area (TPSA) is 127 Å². The van der Waals surface area contributed by atoms with Crippen LogP contribution in [0.5, 0.6) is 5.75 Å². The molecule has 0 radical (unpaired) electrons. The van der Waals surface area contributed by atoms with Crippen LogP contribution in [-0.2, 0) is 16.1 Å². The van der Waals surface area contributed by atoms with Gasteiger partial charge in [0.15, 0.2) is 17.4 Å². The molecule has 0 aromatic carbocycles. The van der Waals surface area contributed by atoms with Crippen LogP contribution in [-0.4, -0.2) is 70.5 Å². The number of pyridine rings is 1. The number of piperidine rings is 1. The van der Waals surface area contributed by atoms with Gasteiger partial charge in [-0.2, -0.15) is 0 Å². The summed E-state index contributed by atoms with van der Waals surface area (Å²) in [4.78, 5) is 31.4. The summed E-state index contributed by atoms with van der Waals surface area (Å²) in [5.41, 5.74) is 7.83. The maximum Gasteiger partial charge on any atom is 0.228 e. The van der Waals surface area contributed by atoms with Crippen LogP contribution >= 0.6 is 11.8 Å². The SMILES string of the molecule is Cc1nc(N2CCC3(CC2)CO[C@@H](C)[C@H]3N)c(CO)nc1Sc1ccnc2c1OCC1CCC(=O)N21. The average molecular weight is 513 g/mol. The highest BCUT2D eigenvalue weighted by molar-refractivity contribution is 7.99. The van der Waals surface area contributed by atoms with Gasteiger partial charge in [0.25, 0.3) is 0 Å². The van der Waals surface area contributed by atoms with Crippen molar-refractivity contribution in [1.29, 1.82) is 0 Å². The number of nitrogens with two attached hydrogens (primary N) is 1. The van der Waals surface area contributed by atoms with Gasteiger partial charge in [0.2, 0.25) is 5.91 Å². The fourth-order valence-corrected chi connectivity index (χ4v) is 6.83. The Morgan fingerprint density at radius 3 is 2.81 bits per heavy atom. The number of carbonyl (C=O) groups excluding carboxylic acids is 1. The van der Waals surface area contributed by atoms with E-state index >= 15 is 0 Å². The number of anilines is 2. The largest absolute Gasteiger partial charge is 0.486 e. The van der Waals surface area contributed by atoms with Gasteiger partial charge in [0.1, 0.15) is 17.3 Å². The molecule has 3 atom stereocenters. The van der Waals surface area contributed by atoms with Gasteiger partial charge in [-0.1, -0.05) is 11.8 Å². The zero-order valence-corrected chi connectivity index (χ0v) is 21.5. The maximum atomic E-state index is 12.4. The van der Waals surface area contributed by atoms with Crippen molar-refractivity contribution in [2.24, 2.45) is 11.1 Å². The molecule has 2 aromatic heterocycles. The number of fused-ring (bicyclic) bond motifs is 3. The van der Waals surface area contributed by atoms with Crippen molar-refractivity contribution in [2.45, 2.75) is 74.2 Å². The molecule has 0 aliphatic carbocycles. The van der Waals surface area contributed by atoms with E-state index in [1.807, 2.05) is 19.9 Å². The number of aliphatic hydroxyl groups excluding tert-OH is 1. The van der Waals surface area contributed by atoms with E-state index in [9.17, 15) is 9.90 Å². The highest BCUT2D eigenvalue weighted by atomic mass is 32.2. The Morgan fingerprint density at radius 2 is 2.08 bits per heavy atom. The Hall–Kier alpha value is -2.47. The van der Waals surface area contributed by atoms with E-state index in [0.717, 1.165) is 48.8 Å². The number of carbonyl (C=O) groups is 1. The van der Waals surface area contributed by atoms with Crippen molar-refractivity contribution < 1.29 is 19.4 Å². The molecule has 0 bridgehead atoms. The van der Waals surface area contributed by atoms with Crippen LogP contribution in [0, 0.1) is 12.3 Å². The molecule has 1 unspecified atom stereocenters. The fraction of sp³-hybridized carbons (Fsp3) is 0.600. The minimum atomic E-state index is -0.202. The zero-order chi connectivity index (χ0) is 25.0. The van der Waals surface area contributed by atoms with E-state index in [0.29, 0.717) is 41.9 Å². The summed E-state index contributed by atoms with van der Waals surface area (Å²) in [7, 11) is 0. The van der Waals surface area contributed by atoms with Crippen LogP contribution in [0.2, 0.25) is 0 Å². The average Bonchev–Trinajstić information content (AvgIpc) is 3.41. The van der Waals surface area contributed by atoms with Gasteiger partial charge in [-0.3, -0.25) is 9.69 Å². The maximum absolute atomic E-state index is 12.4. The highest BCUT2D eigenvalue weighted by Crippen LogP contribution is 2.46. The number of rotatable bonds is 4. The third-order valence-corrected chi connectivity index (χ3v) is 9.28. The lowest BCUT2D eigenvalue weighted by atomic mass is 9.73. The lowest BCUT2D eigenvalue weighted by Gasteiger charge is -2.42. The number of hydrogen-bond donors (Lipinski definition) is 2. The number of aromatic nitrogens is 3. The standard InChI is InChI=1S/C25H32N6O4S/c1-14-24(36-18-5-8-27-23-20(18)34-12-16-3-4-19(33)31(16)23)29-17(11-32)22(28-14)30-9-6-25(7-10-30)13-35-15(2)21(25)26/h5,8,15-16,21,32H,3-4,6-7,9-13,26H2,1-2H3/t15-,16?,21+/m0/s1. The number of aryl methyl sites for hydroxylation is 1. The molecule has 0 saturated carbocycles. The lowest BCUT2D eigenvalue weighted by molar-refractivity contribution is -0.117. The van der Waals surface area contributed by atoms with E-state index in [4.69, 9.17) is 25.2 Å². The van der Waals surface area contributed by atoms with Gasteiger partial charge >= 0.3 is 0 Å². The Kier molecular flexibility index (Phi) is 6.06. The summed E-state index contributed by atoms with van der Waals surface area (Å²) in [5, 5.41) is 10.9. The molecular formula is C25H32N6O4S. The molecular weight excluding hydrogens is 480 g/mol. The van der Waals surface area contributed by atoms with Gasteiger partial charge < -0.3 is 25.2 Å². The number of nitrogens with zero attached hydrogens (tertiary/aromatic N) is 5. The molecule has 1 spiro atoms. The second-order valence-corrected chi connectivity index (χ2v) is 11.3. The molecule has 11 heteroatoms. The first-order chi connectivity index (χ1) is 17.4. The van der Waals surface area contributed by atoms with Crippen LogP contribution in [0.3, 0.4) is 0 Å². The van der Waals surface area contributed by atoms with Gasteiger partial charge in [0.05, 0.1) is 35.9 Å². The van der Waals surface area contributed by atoms with Crippen LogP contribution in [0.25, 0.3) is 0 Å². The van der Waals surface area contributed by atoms with Crippen LogP contribution in [0.1, 0.15) is 44.0 Å². The summed E-state index contributed by atoms with van der Waals surface area (Å²) in [6.45, 7) is 6.55. The smallest absolute Gasteiger partial charge is 0.228 e. The van der Waals surface area contributed by atoms with E-state index < -0.39 is 0 Å². The fourth-order valence-electron chi connectivity index (χ4n) is 5.90. The van der Waals surface area contributed by atoms with Crippen molar-refractivity contribution in [1.82, 2.24) is 15.0 Å². The van der Waals surface area contributed by atoms with Crippen molar-refractivity contribution in [3.63, 3.8) is 0 Å². The summed E-state index contributed by atoms with van der Waals surface area (Å²) in [6.07, 6.45) is 4.95. The molecule has 3 N–H and O–H groups in total. The second-order valence-electron chi connectivity index (χ2n) is 10.3. The van der Waals surface area contributed by atoms with E-state index in [1.165, 1.54) is 11.8 Å². The van der Waals surface area contributed by atoms with Gasteiger partial charge in [0, 0.05) is 37.2 Å². The number of hydrogen-bond acceptors (Lipinski definition) is 10. The summed E-state index contributed by atoms with van der Waals surface area (Å²) in [5.74, 6) is 2.00.